The number of benzene rings is 2. The zero-order valence-corrected chi connectivity index (χ0v) is 12.5. The Morgan fingerprint density at radius 2 is 1.86 bits per heavy atom. The number of hydrogen-bond acceptors (Lipinski definition) is 4. The van der Waals surface area contributed by atoms with Crippen molar-refractivity contribution in [1.29, 1.82) is 0 Å². The van der Waals surface area contributed by atoms with Gasteiger partial charge in [-0.25, -0.2) is 0 Å². The zero-order valence-electron chi connectivity index (χ0n) is 12.5. The van der Waals surface area contributed by atoms with Gasteiger partial charge in [-0.2, -0.15) is 0 Å². The fourth-order valence-corrected chi connectivity index (χ4v) is 2.27. The molecule has 0 aliphatic carbocycles. The Hall–Kier alpha value is -2.46. The van der Waals surface area contributed by atoms with Gasteiger partial charge in [0.2, 0.25) is 0 Å². The van der Waals surface area contributed by atoms with Crippen molar-refractivity contribution in [1.82, 2.24) is 5.32 Å². The van der Waals surface area contributed by atoms with Crippen LogP contribution in [0.3, 0.4) is 0 Å². The van der Waals surface area contributed by atoms with E-state index in [9.17, 15) is 0 Å². The van der Waals surface area contributed by atoms with Gasteiger partial charge in [-0.3, -0.25) is 0 Å². The fourth-order valence-electron chi connectivity index (χ4n) is 2.27. The molecule has 0 unspecified atom stereocenters. The second kappa shape index (κ2) is 7.00. The first-order chi connectivity index (χ1) is 10.8. The van der Waals surface area contributed by atoms with Crippen LogP contribution in [0, 0.1) is 0 Å². The molecule has 1 aromatic heterocycles. The van der Waals surface area contributed by atoms with E-state index in [2.05, 4.69) is 11.4 Å². The molecule has 0 bridgehead atoms. The molecule has 22 heavy (non-hydrogen) atoms. The van der Waals surface area contributed by atoms with E-state index in [1.807, 2.05) is 48.5 Å². The maximum atomic E-state index is 5.74. The fraction of sp³-hybridized carbons (Fsp3) is 0.222. The second-order valence-electron chi connectivity index (χ2n) is 4.95. The lowest BCUT2D eigenvalue weighted by Crippen LogP contribution is -2.20. The first-order valence-electron chi connectivity index (χ1n) is 7.30. The van der Waals surface area contributed by atoms with E-state index in [4.69, 9.17) is 13.9 Å². The summed E-state index contributed by atoms with van der Waals surface area (Å²) >= 11 is 0. The van der Waals surface area contributed by atoms with Gasteiger partial charge in [-0.15, -0.1) is 0 Å². The molecule has 0 saturated heterocycles. The Kier molecular flexibility index (Phi) is 4.61. The molecule has 3 aromatic rings. The van der Waals surface area contributed by atoms with Crippen molar-refractivity contribution in [2.45, 2.75) is 6.54 Å². The van der Waals surface area contributed by atoms with Crippen LogP contribution in [-0.2, 0) is 6.54 Å². The van der Waals surface area contributed by atoms with Crippen LogP contribution in [-0.4, -0.2) is 20.3 Å². The van der Waals surface area contributed by atoms with E-state index in [1.165, 1.54) is 0 Å². The molecule has 0 amide bonds. The molecule has 3 rings (SSSR count). The maximum Gasteiger partial charge on any atom is 0.134 e. The van der Waals surface area contributed by atoms with Gasteiger partial charge in [-0.05, 0) is 24.3 Å². The molecule has 0 radical (unpaired) electrons. The monoisotopic (exact) mass is 297 g/mol. The van der Waals surface area contributed by atoms with E-state index in [1.54, 1.807) is 7.11 Å². The van der Waals surface area contributed by atoms with Crippen LogP contribution in [0.25, 0.3) is 11.0 Å². The molecule has 0 aliphatic heterocycles. The Balaban J connectivity index is 1.43. The zero-order chi connectivity index (χ0) is 15.2. The number of furan rings is 1. The third-order valence-electron chi connectivity index (χ3n) is 3.36. The molecule has 0 spiro atoms. The Morgan fingerprint density at radius 3 is 2.73 bits per heavy atom. The van der Waals surface area contributed by atoms with Crippen LogP contribution in [0.4, 0.5) is 0 Å². The van der Waals surface area contributed by atoms with Crippen LogP contribution in [0.1, 0.15) is 5.76 Å². The number of rotatable bonds is 7. The van der Waals surface area contributed by atoms with Crippen molar-refractivity contribution >= 4 is 11.0 Å². The Bertz CT molecular complexity index is 703. The highest BCUT2D eigenvalue weighted by Gasteiger charge is 2.02. The summed E-state index contributed by atoms with van der Waals surface area (Å²) in [5.41, 5.74) is 0.923. The predicted octanol–water partition coefficient (Wildman–Crippen LogP) is 3.61. The molecule has 2 aromatic carbocycles. The molecular weight excluding hydrogens is 278 g/mol. The molecule has 0 saturated carbocycles. The lowest BCUT2D eigenvalue weighted by Gasteiger charge is -2.08. The smallest absolute Gasteiger partial charge is 0.134 e. The normalized spacial score (nSPS) is 10.8. The minimum absolute atomic E-state index is 0.591. The summed E-state index contributed by atoms with van der Waals surface area (Å²) in [5.74, 6) is 2.54. The average molecular weight is 297 g/mol. The SMILES string of the molecule is COc1cccc(OCCNCc2cc3ccccc3o2)c1. The number of fused-ring (bicyclic) bond motifs is 1. The molecule has 1 heterocycles. The second-order valence-corrected chi connectivity index (χ2v) is 4.95. The number of methoxy groups -OCH3 is 1. The minimum atomic E-state index is 0.591. The van der Waals surface area contributed by atoms with E-state index < -0.39 is 0 Å². The number of nitrogens with one attached hydrogen (secondary N) is 1. The van der Waals surface area contributed by atoms with Gasteiger partial charge in [0.05, 0.1) is 13.7 Å². The van der Waals surface area contributed by atoms with Gasteiger partial charge < -0.3 is 19.2 Å². The largest absolute Gasteiger partial charge is 0.497 e. The molecule has 0 atom stereocenters. The predicted molar refractivity (Wildman–Crippen MR) is 86.4 cm³/mol. The summed E-state index contributed by atoms with van der Waals surface area (Å²) in [4.78, 5) is 0. The van der Waals surface area contributed by atoms with E-state index in [0.717, 1.165) is 34.8 Å². The lowest BCUT2D eigenvalue weighted by atomic mass is 10.2. The lowest BCUT2D eigenvalue weighted by molar-refractivity contribution is 0.309. The van der Waals surface area contributed by atoms with Crippen LogP contribution in [0.15, 0.2) is 59.0 Å². The third kappa shape index (κ3) is 3.59. The minimum Gasteiger partial charge on any atom is -0.497 e. The topological polar surface area (TPSA) is 43.6 Å². The van der Waals surface area contributed by atoms with Gasteiger partial charge in [-0.1, -0.05) is 24.3 Å². The van der Waals surface area contributed by atoms with E-state index >= 15 is 0 Å². The van der Waals surface area contributed by atoms with Crippen LogP contribution in [0.2, 0.25) is 0 Å². The maximum absolute atomic E-state index is 5.74. The van der Waals surface area contributed by atoms with E-state index in [0.29, 0.717) is 13.2 Å². The highest BCUT2D eigenvalue weighted by Crippen LogP contribution is 2.19. The van der Waals surface area contributed by atoms with Crippen molar-refractivity contribution in [3.8, 4) is 11.5 Å². The summed E-state index contributed by atoms with van der Waals surface area (Å²) in [5, 5.41) is 4.44. The summed E-state index contributed by atoms with van der Waals surface area (Å²) in [7, 11) is 1.65. The Labute approximate surface area is 129 Å². The number of para-hydroxylation sites is 1. The van der Waals surface area contributed by atoms with Gasteiger partial charge >= 0.3 is 0 Å². The van der Waals surface area contributed by atoms with Crippen LogP contribution in [0.5, 0.6) is 11.5 Å². The van der Waals surface area contributed by atoms with Crippen LogP contribution >= 0.6 is 0 Å². The molecule has 4 nitrogen and oxygen atoms in total. The quantitative estimate of drug-likeness (QED) is 0.677. The standard InChI is InChI=1S/C18H19NO3/c1-20-15-6-4-7-16(12-15)21-10-9-19-13-17-11-14-5-2-3-8-18(14)22-17/h2-8,11-12,19H,9-10,13H2,1H3. The van der Waals surface area contributed by atoms with E-state index in [-0.39, 0.29) is 0 Å². The molecule has 1 N–H and O–H groups in total. The highest BCUT2D eigenvalue weighted by atomic mass is 16.5. The molecular formula is C18H19NO3. The summed E-state index contributed by atoms with van der Waals surface area (Å²) in [6, 6.07) is 17.7. The molecule has 0 aliphatic rings. The van der Waals surface area contributed by atoms with Crippen molar-refractivity contribution in [2.24, 2.45) is 0 Å². The Morgan fingerprint density at radius 1 is 1.00 bits per heavy atom. The highest BCUT2D eigenvalue weighted by molar-refractivity contribution is 5.77. The number of hydrogen-bond donors (Lipinski definition) is 1. The number of ether oxygens (including phenoxy) is 2. The van der Waals surface area contributed by atoms with Gasteiger partial charge in [0.25, 0.3) is 0 Å². The van der Waals surface area contributed by atoms with Gasteiger partial charge in [0.15, 0.2) is 0 Å². The van der Waals surface area contributed by atoms with Gasteiger partial charge in [0, 0.05) is 18.0 Å². The van der Waals surface area contributed by atoms with Crippen molar-refractivity contribution in [2.75, 3.05) is 20.3 Å². The summed E-state index contributed by atoms with van der Waals surface area (Å²) < 4.78 is 16.6. The molecule has 114 valence electrons. The van der Waals surface area contributed by atoms with Crippen molar-refractivity contribution < 1.29 is 13.9 Å². The summed E-state index contributed by atoms with van der Waals surface area (Å²) in [6.07, 6.45) is 0. The van der Waals surface area contributed by atoms with Crippen molar-refractivity contribution in [3.05, 3.63) is 60.4 Å². The van der Waals surface area contributed by atoms with Gasteiger partial charge in [0.1, 0.15) is 29.4 Å². The average Bonchev–Trinajstić information content (AvgIpc) is 2.97. The first kappa shape index (κ1) is 14.5. The molecule has 0 fully saturated rings. The third-order valence-corrected chi connectivity index (χ3v) is 3.36. The van der Waals surface area contributed by atoms with Crippen molar-refractivity contribution in [3.63, 3.8) is 0 Å². The molecule has 4 heteroatoms. The van der Waals surface area contributed by atoms with Crippen LogP contribution < -0.4 is 14.8 Å². The summed E-state index contributed by atoms with van der Waals surface area (Å²) in [6.45, 7) is 2.03. The first-order valence-corrected chi connectivity index (χ1v) is 7.30.